The first kappa shape index (κ1) is 14.2. The van der Waals surface area contributed by atoms with Crippen LogP contribution in [0.25, 0.3) is 0 Å². The monoisotopic (exact) mass is 298 g/mol. The summed E-state index contributed by atoms with van der Waals surface area (Å²) in [4.78, 5) is 13.7. The number of carbonyl (C=O) groups excluding carboxylic acids is 1. The van der Waals surface area contributed by atoms with Gasteiger partial charge in [0.2, 0.25) is 5.78 Å². The lowest BCUT2D eigenvalue weighted by molar-refractivity contribution is 0.0815. The fraction of sp³-hybridized carbons (Fsp3) is 0.278. The summed E-state index contributed by atoms with van der Waals surface area (Å²) in [5, 5.41) is 0. The number of para-hydroxylation sites is 1. The lowest BCUT2D eigenvalue weighted by Gasteiger charge is -2.24. The van der Waals surface area contributed by atoms with Crippen molar-refractivity contribution in [3.63, 3.8) is 0 Å². The summed E-state index contributed by atoms with van der Waals surface area (Å²) in [6, 6.07) is 15.8. The van der Waals surface area contributed by atoms with Crippen LogP contribution in [-0.2, 0) is 6.42 Å². The molecule has 108 valence electrons. The Kier molecular flexibility index (Phi) is 4.30. The molecule has 0 fully saturated rings. The summed E-state index contributed by atoms with van der Waals surface area (Å²) < 4.78 is 5.86. The topological polar surface area (TPSA) is 26.3 Å². The van der Waals surface area contributed by atoms with Crippen LogP contribution in [0.3, 0.4) is 0 Å². The third-order valence-electron chi connectivity index (χ3n) is 3.58. The highest BCUT2D eigenvalue weighted by Gasteiger charge is 2.27. The molecule has 1 heterocycles. The third kappa shape index (κ3) is 3.13. The molecule has 0 spiro atoms. The van der Waals surface area contributed by atoms with Gasteiger partial charge in [-0.15, -0.1) is 11.8 Å². The highest BCUT2D eigenvalue weighted by molar-refractivity contribution is 7.99. The number of hydrogen-bond donors (Lipinski definition) is 0. The SMILES string of the molecule is CCCc1ccc(C(=O)C2CSc3ccccc3O2)cc1. The van der Waals surface area contributed by atoms with Crippen molar-refractivity contribution in [3.05, 3.63) is 59.7 Å². The number of rotatable bonds is 4. The van der Waals surface area contributed by atoms with E-state index < -0.39 is 0 Å². The van der Waals surface area contributed by atoms with Gasteiger partial charge < -0.3 is 4.74 Å². The summed E-state index contributed by atoms with van der Waals surface area (Å²) >= 11 is 1.69. The molecule has 2 aromatic carbocycles. The largest absolute Gasteiger partial charge is 0.480 e. The number of thioether (sulfide) groups is 1. The number of aryl methyl sites for hydroxylation is 1. The van der Waals surface area contributed by atoms with Gasteiger partial charge in [0, 0.05) is 16.2 Å². The maximum Gasteiger partial charge on any atom is 0.204 e. The van der Waals surface area contributed by atoms with Crippen molar-refractivity contribution in [1.82, 2.24) is 0 Å². The minimum absolute atomic E-state index is 0.0695. The van der Waals surface area contributed by atoms with E-state index in [0.29, 0.717) is 5.75 Å². The Hall–Kier alpha value is -1.74. The zero-order valence-electron chi connectivity index (χ0n) is 12.0. The predicted molar refractivity (Wildman–Crippen MR) is 86.3 cm³/mol. The molecule has 1 aliphatic heterocycles. The highest BCUT2D eigenvalue weighted by Crippen LogP contribution is 2.35. The van der Waals surface area contributed by atoms with Gasteiger partial charge in [-0.2, -0.15) is 0 Å². The van der Waals surface area contributed by atoms with E-state index in [4.69, 9.17) is 4.74 Å². The van der Waals surface area contributed by atoms with E-state index in [0.717, 1.165) is 29.1 Å². The zero-order valence-corrected chi connectivity index (χ0v) is 12.9. The minimum Gasteiger partial charge on any atom is -0.480 e. The number of Topliss-reactive ketones (excluding diaryl/α,β-unsaturated/α-hetero) is 1. The van der Waals surface area contributed by atoms with E-state index >= 15 is 0 Å². The first-order chi connectivity index (χ1) is 10.3. The molecule has 1 unspecified atom stereocenters. The fourth-order valence-corrected chi connectivity index (χ4v) is 3.44. The van der Waals surface area contributed by atoms with Gasteiger partial charge in [0.15, 0.2) is 6.10 Å². The molecule has 0 aliphatic carbocycles. The van der Waals surface area contributed by atoms with Crippen molar-refractivity contribution >= 4 is 17.5 Å². The van der Waals surface area contributed by atoms with Gasteiger partial charge in [-0.05, 0) is 24.1 Å². The standard InChI is InChI=1S/C18H18O2S/c1-2-5-13-8-10-14(11-9-13)18(19)16-12-21-17-7-4-3-6-15(17)20-16/h3-4,6-11,16H,2,5,12H2,1H3. The van der Waals surface area contributed by atoms with E-state index in [9.17, 15) is 4.79 Å². The zero-order chi connectivity index (χ0) is 14.7. The molecular weight excluding hydrogens is 280 g/mol. The lowest BCUT2D eigenvalue weighted by atomic mass is 10.0. The van der Waals surface area contributed by atoms with Crippen LogP contribution in [-0.4, -0.2) is 17.6 Å². The fourth-order valence-electron chi connectivity index (χ4n) is 2.46. The summed E-state index contributed by atoms with van der Waals surface area (Å²) in [5.74, 6) is 1.56. The molecule has 3 heteroatoms. The second-order valence-electron chi connectivity index (χ2n) is 5.18. The summed E-state index contributed by atoms with van der Waals surface area (Å²) in [6.07, 6.45) is 1.78. The van der Waals surface area contributed by atoms with Crippen LogP contribution in [0.15, 0.2) is 53.4 Å². The van der Waals surface area contributed by atoms with Crippen LogP contribution >= 0.6 is 11.8 Å². The van der Waals surface area contributed by atoms with Gasteiger partial charge in [-0.25, -0.2) is 0 Å². The predicted octanol–water partition coefficient (Wildman–Crippen LogP) is 4.38. The molecule has 2 nitrogen and oxygen atoms in total. The third-order valence-corrected chi connectivity index (χ3v) is 4.70. The highest BCUT2D eigenvalue weighted by atomic mass is 32.2. The molecule has 0 amide bonds. The molecule has 0 aromatic heterocycles. The van der Waals surface area contributed by atoms with Crippen molar-refractivity contribution in [1.29, 1.82) is 0 Å². The Balaban J connectivity index is 1.74. The Morgan fingerprint density at radius 3 is 2.71 bits per heavy atom. The van der Waals surface area contributed by atoms with E-state index in [1.165, 1.54) is 5.56 Å². The number of benzene rings is 2. The maximum atomic E-state index is 12.5. The quantitative estimate of drug-likeness (QED) is 0.784. The minimum atomic E-state index is -0.387. The molecule has 0 radical (unpaired) electrons. The molecule has 0 saturated carbocycles. The van der Waals surface area contributed by atoms with Gasteiger partial charge >= 0.3 is 0 Å². The summed E-state index contributed by atoms with van der Waals surface area (Å²) in [6.45, 7) is 2.16. The number of fused-ring (bicyclic) bond motifs is 1. The molecule has 21 heavy (non-hydrogen) atoms. The van der Waals surface area contributed by atoms with Gasteiger partial charge in [0.1, 0.15) is 5.75 Å². The first-order valence-corrected chi connectivity index (χ1v) is 8.28. The van der Waals surface area contributed by atoms with Crippen LogP contribution in [0.2, 0.25) is 0 Å². The normalized spacial score (nSPS) is 16.9. The average Bonchev–Trinajstić information content (AvgIpc) is 2.55. The summed E-state index contributed by atoms with van der Waals surface area (Å²) in [7, 11) is 0. The Morgan fingerprint density at radius 1 is 1.19 bits per heavy atom. The van der Waals surface area contributed by atoms with Crippen LogP contribution in [0.4, 0.5) is 0 Å². The van der Waals surface area contributed by atoms with E-state index in [2.05, 4.69) is 6.92 Å². The molecule has 1 atom stereocenters. The second-order valence-corrected chi connectivity index (χ2v) is 6.24. The molecular formula is C18H18O2S. The lowest BCUT2D eigenvalue weighted by Crippen LogP contribution is -2.32. The van der Waals surface area contributed by atoms with Crippen molar-refractivity contribution in [3.8, 4) is 5.75 Å². The Bertz CT molecular complexity index is 634. The van der Waals surface area contributed by atoms with Crippen molar-refractivity contribution in [2.75, 3.05) is 5.75 Å². The molecule has 0 bridgehead atoms. The number of carbonyl (C=O) groups is 1. The van der Waals surface area contributed by atoms with E-state index in [1.807, 2.05) is 48.5 Å². The van der Waals surface area contributed by atoms with Gasteiger partial charge in [0.25, 0.3) is 0 Å². The van der Waals surface area contributed by atoms with Gasteiger partial charge in [-0.1, -0.05) is 49.7 Å². The van der Waals surface area contributed by atoms with Crippen molar-refractivity contribution in [2.24, 2.45) is 0 Å². The smallest absolute Gasteiger partial charge is 0.204 e. The molecule has 3 rings (SSSR count). The first-order valence-electron chi connectivity index (χ1n) is 7.29. The molecule has 0 saturated heterocycles. The van der Waals surface area contributed by atoms with Crippen LogP contribution in [0.1, 0.15) is 29.3 Å². The molecule has 0 N–H and O–H groups in total. The average molecular weight is 298 g/mol. The van der Waals surface area contributed by atoms with E-state index in [-0.39, 0.29) is 11.9 Å². The van der Waals surface area contributed by atoms with Crippen LogP contribution in [0, 0.1) is 0 Å². The van der Waals surface area contributed by atoms with Crippen molar-refractivity contribution < 1.29 is 9.53 Å². The van der Waals surface area contributed by atoms with Gasteiger partial charge in [0.05, 0.1) is 0 Å². The Labute approximate surface area is 129 Å². The molecule has 2 aromatic rings. The van der Waals surface area contributed by atoms with Crippen LogP contribution < -0.4 is 4.74 Å². The number of ketones is 1. The van der Waals surface area contributed by atoms with E-state index in [1.54, 1.807) is 11.8 Å². The summed E-state index contributed by atoms with van der Waals surface area (Å²) in [5.41, 5.74) is 2.01. The van der Waals surface area contributed by atoms with Crippen molar-refractivity contribution in [2.45, 2.75) is 30.8 Å². The second kappa shape index (κ2) is 6.35. The Morgan fingerprint density at radius 2 is 1.95 bits per heavy atom. The van der Waals surface area contributed by atoms with Gasteiger partial charge in [-0.3, -0.25) is 4.79 Å². The number of ether oxygens (including phenoxy) is 1. The maximum absolute atomic E-state index is 12.5. The van der Waals surface area contributed by atoms with Crippen LogP contribution in [0.5, 0.6) is 5.75 Å². The number of hydrogen-bond acceptors (Lipinski definition) is 3. The molecule has 1 aliphatic rings.